The number of urea groups is 1. The number of nitrogens with zero attached hydrogens (tertiary/aromatic N) is 6. The molecule has 1 aliphatic rings. The van der Waals surface area contributed by atoms with Gasteiger partial charge in [0.2, 0.25) is 12.2 Å². The van der Waals surface area contributed by atoms with Crippen LogP contribution in [0.2, 0.25) is 5.02 Å². The van der Waals surface area contributed by atoms with Crippen molar-refractivity contribution in [1.29, 1.82) is 0 Å². The van der Waals surface area contributed by atoms with E-state index in [1.807, 2.05) is 4.72 Å². The lowest BCUT2D eigenvalue weighted by Crippen LogP contribution is -2.72. The number of hydrogen-bond acceptors (Lipinski definition) is 12. The molecule has 0 aliphatic carbocycles. The second-order valence-corrected chi connectivity index (χ2v) is 14.2. The van der Waals surface area contributed by atoms with E-state index in [9.17, 15) is 47.4 Å². The van der Waals surface area contributed by atoms with Gasteiger partial charge in [0.1, 0.15) is 12.4 Å². The summed E-state index contributed by atoms with van der Waals surface area (Å²) in [6, 6.07) is 20.1. The third-order valence-corrected chi connectivity index (χ3v) is 10.2. The van der Waals surface area contributed by atoms with Gasteiger partial charge in [-0.2, -0.15) is 4.68 Å². The number of fused-ring (bicyclic) bond motifs is 1. The quantitative estimate of drug-likeness (QED) is 0.0567. The Hall–Kier alpha value is -7.39. The van der Waals surface area contributed by atoms with Crippen molar-refractivity contribution in [1.82, 2.24) is 35.3 Å². The molecule has 6 rings (SSSR count). The molecule has 0 spiro atoms. The van der Waals surface area contributed by atoms with E-state index in [0.717, 1.165) is 4.68 Å². The summed E-state index contributed by atoms with van der Waals surface area (Å²) >= 11 is 6.25. The Morgan fingerprint density at radius 2 is 1.61 bits per heavy atom. The minimum atomic E-state index is -4.13. The maximum absolute atomic E-state index is 13.7. The van der Waals surface area contributed by atoms with Gasteiger partial charge in [-0.25, -0.2) is 37.4 Å². The molecule has 22 heteroatoms. The highest BCUT2D eigenvalue weighted by Crippen LogP contribution is 2.49. The lowest BCUT2D eigenvalue weighted by molar-refractivity contribution is -0.160. The van der Waals surface area contributed by atoms with Gasteiger partial charge in [-0.1, -0.05) is 60.1 Å². The molecule has 0 saturated carbocycles. The van der Waals surface area contributed by atoms with Crippen molar-refractivity contribution >= 4 is 74.9 Å². The molecule has 6 N–H and O–H groups in total. The van der Waals surface area contributed by atoms with Crippen LogP contribution < -0.4 is 25.7 Å². The van der Waals surface area contributed by atoms with Gasteiger partial charge in [0.05, 0.1) is 22.0 Å². The average molecular weight is 817 g/mol. The summed E-state index contributed by atoms with van der Waals surface area (Å²) in [6.07, 6.45) is -1.16. The molecule has 4 aromatic carbocycles. The molecule has 57 heavy (non-hydrogen) atoms. The van der Waals surface area contributed by atoms with Crippen molar-refractivity contribution in [3.05, 3.63) is 120 Å². The van der Waals surface area contributed by atoms with Crippen LogP contribution in [-0.2, 0) is 35.6 Å². The molecule has 1 aliphatic heterocycles. The molecular weight excluding hydrogens is 788 g/mol. The Morgan fingerprint density at radius 1 is 0.912 bits per heavy atom. The van der Waals surface area contributed by atoms with Crippen LogP contribution in [0, 0.1) is 0 Å². The number of carbonyl (C=O) groups is 6. The summed E-state index contributed by atoms with van der Waals surface area (Å²) in [5, 5.41) is 37.8. The molecule has 0 fully saturated rings. The number of aliphatic carboxylic acids is 1. The minimum Gasteiger partial charge on any atom is -0.478 e. The standard InChI is InChI=1S/C35H29ClN10O10S/c36-22-13-16-28(44-20-37-42-43-44)26(18-22)40-46(30(49)19-47)35(32(50)51)31(25-8-4-5-9-27(25)45(35)34(53)54)39-29(48)17-12-21-10-14-23(15-11-21)38-33(52)41-57(55,56)24-6-2-1-3-7-24/h1-11,13-16,18-20,31,40H,12,17H2,(H,39,48)(H,50,51)(H,53,54)(H2,38,41,52). The normalized spacial score (nSPS) is 15.8. The number of sulfonamides is 1. The fourth-order valence-electron chi connectivity index (χ4n) is 6.17. The number of carbonyl (C=O) groups excluding carboxylic acids is 4. The van der Waals surface area contributed by atoms with Crippen molar-refractivity contribution in [2.75, 3.05) is 15.6 Å². The predicted molar refractivity (Wildman–Crippen MR) is 199 cm³/mol. The highest BCUT2D eigenvalue weighted by Gasteiger charge is 2.66. The Bertz CT molecular complexity index is 2470. The van der Waals surface area contributed by atoms with E-state index in [0.29, 0.717) is 10.5 Å². The summed E-state index contributed by atoms with van der Waals surface area (Å²) in [6.45, 7) is 0. The highest BCUT2D eigenvalue weighted by atomic mass is 35.5. The molecule has 0 saturated heterocycles. The molecule has 2 atom stereocenters. The average Bonchev–Trinajstić information content (AvgIpc) is 3.82. The van der Waals surface area contributed by atoms with E-state index >= 15 is 0 Å². The van der Waals surface area contributed by atoms with Crippen LogP contribution in [0.5, 0.6) is 0 Å². The summed E-state index contributed by atoms with van der Waals surface area (Å²) < 4.78 is 28.0. The molecule has 5 amide bonds. The zero-order valence-electron chi connectivity index (χ0n) is 29.0. The van der Waals surface area contributed by atoms with Crippen LogP contribution in [0.4, 0.5) is 26.7 Å². The molecule has 0 bridgehead atoms. The number of nitrogens with one attached hydrogen (secondary N) is 4. The lowest BCUT2D eigenvalue weighted by Gasteiger charge is -2.44. The lowest BCUT2D eigenvalue weighted by atomic mass is 9.95. The fourth-order valence-corrected chi connectivity index (χ4v) is 7.27. The van der Waals surface area contributed by atoms with Crippen LogP contribution in [0.25, 0.3) is 5.69 Å². The maximum Gasteiger partial charge on any atom is 0.414 e. The number of benzene rings is 4. The monoisotopic (exact) mass is 816 g/mol. The summed E-state index contributed by atoms with van der Waals surface area (Å²) in [4.78, 5) is 78.7. The van der Waals surface area contributed by atoms with E-state index in [1.54, 1.807) is 18.2 Å². The largest absolute Gasteiger partial charge is 0.478 e. The Labute approximate surface area is 327 Å². The Balaban J connectivity index is 1.26. The van der Waals surface area contributed by atoms with Gasteiger partial charge in [0.25, 0.3) is 15.7 Å². The second kappa shape index (κ2) is 16.1. The SMILES string of the molecule is O=CC(=O)N(Nc1cc(Cl)ccc1-n1cnnn1)C1(C(=O)O)C(NC(=O)CCc2ccc(NC(=O)NS(=O)(=O)c3ccccc3)cc2)c2ccccc2N1C(=O)O. The van der Waals surface area contributed by atoms with Crippen LogP contribution >= 0.6 is 11.6 Å². The first-order valence-electron chi connectivity index (χ1n) is 16.5. The summed E-state index contributed by atoms with van der Waals surface area (Å²) in [7, 11) is -4.13. The van der Waals surface area contributed by atoms with Crippen molar-refractivity contribution < 1.29 is 47.4 Å². The first kappa shape index (κ1) is 39.3. The number of carboxylic acid groups (broad SMARTS) is 2. The van der Waals surface area contributed by atoms with Crippen molar-refractivity contribution in [3.8, 4) is 5.69 Å². The minimum absolute atomic E-state index is 0.0177. The van der Waals surface area contributed by atoms with Crippen molar-refractivity contribution in [2.24, 2.45) is 0 Å². The van der Waals surface area contributed by atoms with Crippen molar-refractivity contribution in [2.45, 2.75) is 29.4 Å². The second-order valence-electron chi connectivity index (χ2n) is 12.1. The summed E-state index contributed by atoms with van der Waals surface area (Å²) in [5.41, 5.74) is 0.00765. The number of para-hydroxylation sites is 1. The van der Waals surface area contributed by atoms with Crippen LogP contribution in [0.15, 0.2) is 108 Å². The third-order valence-electron chi connectivity index (χ3n) is 8.63. The molecule has 292 valence electrons. The number of hydrogen-bond donors (Lipinski definition) is 6. The number of rotatable bonds is 13. The smallest absolute Gasteiger partial charge is 0.414 e. The van der Waals surface area contributed by atoms with Gasteiger partial charge in [-0.05, 0) is 70.9 Å². The van der Waals surface area contributed by atoms with E-state index in [1.165, 1.54) is 85.2 Å². The molecule has 2 unspecified atom stereocenters. The number of aldehydes is 1. The van der Waals surface area contributed by atoms with Gasteiger partial charge < -0.3 is 20.8 Å². The highest BCUT2D eigenvalue weighted by molar-refractivity contribution is 7.90. The molecule has 5 aromatic rings. The fraction of sp³-hybridized carbons (Fsp3) is 0.114. The van der Waals surface area contributed by atoms with E-state index in [-0.39, 0.29) is 62.4 Å². The van der Waals surface area contributed by atoms with Crippen molar-refractivity contribution in [3.63, 3.8) is 0 Å². The first-order valence-corrected chi connectivity index (χ1v) is 18.3. The molecule has 1 aromatic heterocycles. The Morgan fingerprint density at radius 3 is 2.26 bits per heavy atom. The number of amides is 5. The van der Waals surface area contributed by atoms with Gasteiger partial charge in [-0.3, -0.25) is 19.8 Å². The third kappa shape index (κ3) is 7.90. The number of tetrazole rings is 1. The number of aryl methyl sites for hydroxylation is 1. The molecule has 20 nitrogen and oxygen atoms in total. The number of carboxylic acids is 1. The predicted octanol–water partition coefficient (Wildman–Crippen LogP) is 2.95. The van der Waals surface area contributed by atoms with Gasteiger partial charge in [0.15, 0.2) is 0 Å². The van der Waals surface area contributed by atoms with Gasteiger partial charge >= 0.3 is 24.0 Å². The number of anilines is 3. The maximum atomic E-state index is 13.7. The molecule has 2 heterocycles. The molecule has 0 radical (unpaired) electrons. The zero-order valence-corrected chi connectivity index (χ0v) is 30.6. The Kier molecular flexibility index (Phi) is 11.1. The molecular formula is C35H29ClN10O10S. The number of hydrazine groups is 1. The van der Waals surface area contributed by atoms with E-state index in [2.05, 4.69) is 31.6 Å². The zero-order chi connectivity index (χ0) is 40.9. The summed E-state index contributed by atoms with van der Waals surface area (Å²) in [5.74, 6) is -4.28. The van der Waals surface area contributed by atoms with E-state index in [4.69, 9.17) is 11.6 Å². The van der Waals surface area contributed by atoms with E-state index < -0.39 is 51.6 Å². The van der Waals surface area contributed by atoms with Crippen LogP contribution in [0.3, 0.4) is 0 Å². The number of halogens is 1. The van der Waals surface area contributed by atoms with Gasteiger partial charge in [0, 0.05) is 22.7 Å². The van der Waals surface area contributed by atoms with Crippen LogP contribution in [0.1, 0.15) is 23.6 Å². The van der Waals surface area contributed by atoms with Crippen LogP contribution in [-0.4, -0.2) is 85.7 Å². The number of aromatic nitrogens is 4. The van der Waals surface area contributed by atoms with Gasteiger partial charge in [-0.15, -0.1) is 5.10 Å². The first-order chi connectivity index (χ1) is 27.3. The topological polar surface area (TPSA) is 275 Å².